The van der Waals surface area contributed by atoms with Crippen LogP contribution < -0.4 is 5.32 Å². The summed E-state index contributed by atoms with van der Waals surface area (Å²) in [5, 5.41) is 3.41. The predicted molar refractivity (Wildman–Crippen MR) is 57.7 cm³/mol. The van der Waals surface area contributed by atoms with Gasteiger partial charge in [0.1, 0.15) is 10.4 Å². The minimum atomic E-state index is 0.636. The van der Waals surface area contributed by atoms with Gasteiger partial charge in [0.05, 0.1) is 0 Å². The Kier molecular flexibility index (Phi) is 2.54. The lowest BCUT2D eigenvalue weighted by Gasteiger charge is -2.33. The van der Waals surface area contributed by atoms with Gasteiger partial charge in [-0.1, -0.05) is 13.0 Å². The van der Waals surface area contributed by atoms with Crippen molar-refractivity contribution in [1.29, 1.82) is 0 Å². The van der Waals surface area contributed by atoms with Crippen molar-refractivity contribution in [3.05, 3.63) is 22.8 Å². The minimum absolute atomic E-state index is 0.636. The summed E-state index contributed by atoms with van der Waals surface area (Å²) in [6.07, 6.45) is 2.54. The van der Waals surface area contributed by atoms with Crippen LogP contribution in [0.4, 0.5) is 5.82 Å². The number of pyridine rings is 1. The first-order valence-electron chi connectivity index (χ1n) is 4.63. The lowest BCUT2D eigenvalue weighted by atomic mass is 9.82. The second-order valence-electron chi connectivity index (χ2n) is 3.76. The van der Waals surface area contributed by atoms with Crippen molar-refractivity contribution in [2.45, 2.75) is 25.8 Å². The van der Waals surface area contributed by atoms with Gasteiger partial charge in [-0.2, -0.15) is 0 Å². The van der Waals surface area contributed by atoms with Gasteiger partial charge in [-0.3, -0.25) is 0 Å². The third kappa shape index (κ3) is 2.21. The summed E-state index contributed by atoms with van der Waals surface area (Å²) in [6.45, 7) is 2.28. The minimum Gasteiger partial charge on any atom is -0.367 e. The Morgan fingerprint density at radius 3 is 2.85 bits per heavy atom. The molecule has 2 rings (SSSR count). The Morgan fingerprint density at radius 1 is 1.46 bits per heavy atom. The molecule has 0 unspecified atom stereocenters. The first-order valence-corrected chi connectivity index (χ1v) is 5.42. The topological polar surface area (TPSA) is 24.9 Å². The van der Waals surface area contributed by atoms with Crippen LogP contribution in [-0.4, -0.2) is 11.0 Å². The van der Waals surface area contributed by atoms with Crippen molar-refractivity contribution in [2.75, 3.05) is 5.32 Å². The molecule has 0 saturated heterocycles. The van der Waals surface area contributed by atoms with Crippen molar-refractivity contribution < 1.29 is 0 Å². The maximum atomic E-state index is 4.33. The van der Waals surface area contributed by atoms with Gasteiger partial charge in [0.25, 0.3) is 0 Å². The van der Waals surface area contributed by atoms with Gasteiger partial charge >= 0.3 is 0 Å². The third-order valence-corrected chi connectivity index (χ3v) is 2.88. The highest BCUT2D eigenvalue weighted by atomic mass is 79.9. The smallest absolute Gasteiger partial charge is 0.127 e. The van der Waals surface area contributed by atoms with E-state index >= 15 is 0 Å². The predicted octanol–water partition coefficient (Wildman–Crippen LogP) is 3.05. The highest BCUT2D eigenvalue weighted by molar-refractivity contribution is 9.10. The molecule has 0 aromatic carbocycles. The molecular formula is C10H13BrN2. The van der Waals surface area contributed by atoms with E-state index in [9.17, 15) is 0 Å². The number of hydrogen-bond donors (Lipinski definition) is 1. The number of halogens is 1. The molecule has 1 N–H and O–H groups in total. The van der Waals surface area contributed by atoms with Crippen molar-refractivity contribution in [1.82, 2.24) is 4.98 Å². The molecule has 0 bridgehead atoms. The summed E-state index contributed by atoms with van der Waals surface area (Å²) in [5.41, 5.74) is 0. The SMILES string of the molecule is CC1CC(Nc2cccc(Br)n2)C1. The van der Waals surface area contributed by atoms with Gasteiger partial charge < -0.3 is 5.32 Å². The third-order valence-electron chi connectivity index (χ3n) is 2.44. The van der Waals surface area contributed by atoms with Gasteiger partial charge in [-0.05, 0) is 46.8 Å². The van der Waals surface area contributed by atoms with Crippen LogP contribution in [0.3, 0.4) is 0 Å². The second kappa shape index (κ2) is 3.66. The van der Waals surface area contributed by atoms with Gasteiger partial charge in [0.15, 0.2) is 0 Å². The Labute approximate surface area is 86.9 Å². The molecular weight excluding hydrogens is 228 g/mol. The summed E-state index contributed by atoms with van der Waals surface area (Å²) in [4.78, 5) is 4.33. The van der Waals surface area contributed by atoms with E-state index in [1.165, 1.54) is 12.8 Å². The summed E-state index contributed by atoms with van der Waals surface area (Å²) < 4.78 is 0.893. The number of aromatic nitrogens is 1. The highest BCUT2D eigenvalue weighted by Gasteiger charge is 2.25. The molecule has 13 heavy (non-hydrogen) atoms. The number of nitrogens with one attached hydrogen (secondary N) is 1. The number of rotatable bonds is 2. The van der Waals surface area contributed by atoms with Crippen LogP contribution in [0.25, 0.3) is 0 Å². The maximum absolute atomic E-state index is 4.33. The van der Waals surface area contributed by atoms with Crippen LogP contribution >= 0.6 is 15.9 Å². The van der Waals surface area contributed by atoms with Gasteiger partial charge in [0.2, 0.25) is 0 Å². The lowest BCUT2D eigenvalue weighted by Crippen LogP contribution is -2.34. The number of hydrogen-bond acceptors (Lipinski definition) is 2. The Hall–Kier alpha value is -0.570. The van der Waals surface area contributed by atoms with Crippen LogP contribution in [0.1, 0.15) is 19.8 Å². The zero-order chi connectivity index (χ0) is 9.26. The molecule has 1 heterocycles. The highest BCUT2D eigenvalue weighted by Crippen LogP contribution is 2.29. The van der Waals surface area contributed by atoms with E-state index in [0.717, 1.165) is 16.3 Å². The van der Waals surface area contributed by atoms with Crippen LogP contribution in [0.5, 0.6) is 0 Å². The molecule has 0 atom stereocenters. The van der Waals surface area contributed by atoms with E-state index in [1.807, 2.05) is 18.2 Å². The van der Waals surface area contributed by atoms with Crippen LogP contribution in [0.2, 0.25) is 0 Å². The first-order chi connectivity index (χ1) is 6.24. The average Bonchev–Trinajstić information content (AvgIpc) is 2.01. The molecule has 1 fully saturated rings. The largest absolute Gasteiger partial charge is 0.367 e. The molecule has 3 heteroatoms. The monoisotopic (exact) mass is 240 g/mol. The summed E-state index contributed by atoms with van der Waals surface area (Å²) >= 11 is 3.35. The normalized spacial score (nSPS) is 26.6. The van der Waals surface area contributed by atoms with E-state index in [1.54, 1.807) is 0 Å². The van der Waals surface area contributed by atoms with Crippen molar-refractivity contribution >= 4 is 21.7 Å². The van der Waals surface area contributed by atoms with E-state index in [4.69, 9.17) is 0 Å². The van der Waals surface area contributed by atoms with Gasteiger partial charge in [-0.15, -0.1) is 0 Å². The Balaban J connectivity index is 1.94. The van der Waals surface area contributed by atoms with Crippen molar-refractivity contribution in [3.63, 3.8) is 0 Å². The molecule has 0 radical (unpaired) electrons. The lowest BCUT2D eigenvalue weighted by molar-refractivity contribution is 0.308. The molecule has 1 aliphatic carbocycles. The summed E-state index contributed by atoms with van der Waals surface area (Å²) in [6, 6.07) is 6.58. The van der Waals surface area contributed by atoms with Crippen LogP contribution in [0.15, 0.2) is 22.8 Å². The Bertz CT molecular complexity index is 295. The van der Waals surface area contributed by atoms with E-state index in [0.29, 0.717) is 6.04 Å². The second-order valence-corrected chi connectivity index (χ2v) is 4.58. The van der Waals surface area contributed by atoms with E-state index in [2.05, 4.69) is 33.2 Å². The molecule has 1 aliphatic rings. The number of anilines is 1. The maximum Gasteiger partial charge on any atom is 0.127 e. The molecule has 1 aromatic rings. The zero-order valence-corrected chi connectivity index (χ0v) is 9.21. The quantitative estimate of drug-likeness (QED) is 0.805. The average molecular weight is 241 g/mol. The van der Waals surface area contributed by atoms with Gasteiger partial charge in [-0.25, -0.2) is 4.98 Å². The molecule has 70 valence electrons. The molecule has 1 aromatic heterocycles. The summed E-state index contributed by atoms with van der Waals surface area (Å²) in [5.74, 6) is 1.86. The molecule has 2 nitrogen and oxygen atoms in total. The summed E-state index contributed by atoms with van der Waals surface area (Å²) in [7, 11) is 0. The van der Waals surface area contributed by atoms with Crippen LogP contribution in [0, 0.1) is 5.92 Å². The van der Waals surface area contributed by atoms with Crippen molar-refractivity contribution in [3.8, 4) is 0 Å². The molecule has 0 aliphatic heterocycles. The molecule has 1 saturated carbocycles. The fourth-order valence-electron chi connectivity index (χ4n) is 1.72. The number of nitrogens with zero attached hydrogens (tertiary/aromatic N) is 1. The van der Waals surface area contributed by atoms with Crippen molar-refractivity contribution in [2.24, 2.45) is 5.92 Å². The molecule has 0 spiro atoms. The fraction of sp³-hybridized carbons (Fsp3) is 0.500. The van der Waals surface area contributed by atoms with E-state index in [-0.39, 0.29) is 0 Å². The first kappa shape index (κ1) is 9.00. The van der Waals surface area contributed by atoms with Crippen LogP contribution in [-0.2, 0) is 0 Å². The standard InChI is InChI=1S/C10H13BrN2/c1-7-5-8(6-7)12-10-4-2-3-9(11)13-10/h2-4,7-8H,5-6H2,1H3,(H,12,13). The fourth-order valence-corrected chi connectivity index (χ4v) is 2.06. The van der Waals surface area contributed by atoms with Gasteiger partial charge in [0, 0.05) is 6.04 Å². The Morgan fingerprint density at radius 2 is 2.23 bits per heavy atom. The van der Waals surface area contributed by atoms with E-state index < -0.39 is 0 Å². The zero-order valence-electron chi connectivity index (χ0n) is 7.63. The molecule has 0 amide bonds.